The van der Waals surface area contributed by atoms with E-state index in [0.29, 0.717) is 11.8 Å². The summed E-state index contributed by atoms with van der Waals surface area (Å²) in [7, 11) is 0. The van der Waals surface area contributed by atoms with Crippen molar-refractivity contribution < 1.29 is 9.53 Å². The highest BCUT2D eigenvalue weighted by Gasteiger charge is 2.41. The van der Waals surface area contributed by atoms with Crippen LogP contribution in [0.5, 0.6) is 0 Å². The molecule has 20 heavy (non-hydrogen) atoms. The normalized spacial score (nSPS) is 24.7. The van der Waals surface area contributed by atoms with E-state index in [0.717, 1.165) is 39.0 Å². The zero-order valence-corrected chi connectivity index (χ0v) is 13.8. The molecule has 0 bridgehead atoms. The Morgan fingerprint density at radius 3 is 2.50 bits per heavy atom. The first-order valence-corrected chi connectivity index (χ1v) is 8.17. The minimum absolute atomic E-state index is 0.0102. The fourth-order valence-electron chi connectivity index (χ4n) is 2.69. The smallest absolute Gasteiger partial charge is 0.241 e. The molecule has 0 aliphatic carbocycles. The summed E-state index contributed by atoms with van der Waals surface area (Å²) in [6.45, 7) is 13.1. The first kappa shape index (κ1) is 17.4. The van der Waals surface area contributed by atoms with Gasteiger partial charge in [0, 0.05) is 19.8 Å². The Hall–Kier alpha value is -0.610. The van der Waals surface area contributed by atoms with Crippen LogP contribution >= 0.6 is 0 Å². The van der Waals surface area contributed by atoms with E-state index in [9.17, 15) is 4.79 Å². The molecule has 1 aliphatic heterocycles. The molecular weight excluding hydrogens is 252 g/mol. The van der Waals surface area contributed by atoms with Crippen molar-refractivity contribution in [2.45, 2.75) is 66.1 Å². The Labute approximate surface area is 124 Å². The van der Waals surface area contributed by atoms with Gasteiger partial charge in [-0.2, -0.15) is 0 Å². The molecule has 1 rings (SSSR count). The predicted octanol–water partition coefficient (Wildman–Crippen LogP) is 2.63. The van der Waals surface area contributed by atoms with Gasteiger partial charge in [-0.25, -0.2) is 0 Å². The maximum atomic E-state index is 12.6. The van der Waals surface area contributed by atoms with Crippen LogP contribution in [0.25, 0.3) is 0 Å². The molecule has 4 heteroatoms. The molecule has 3 atom stereocenters. The van der Waals surface area contributed by atoms with Gasteiger partial charge in [0.05, 0.1) is 12.2 Å². The van der Waals surface area contributed by atoms with Crippen molar-refractivity contribution in [3.8, 4) is 0 Å². The predicted molar refractivity (Wildman–Crippen MR) is 82.4 cm³/mol. The summed E-state index contributed by atoms with van der Waals surface area (Å²) >= 11 is 0. The number of carbonyl (C=O) groups is 1. The Kier molecular flexibility index (Phi) is 7.52. The lowest BCUT2D eigenvalue weighted by atomic mass is 9.99. The molecule has 3 unspecified atom stereocenters. The van der Waals surface area contributed by atoms with Crippen molar-refractivity contribution in [1.29, 1.82) is 0 Å². The number of ether oxygens (including phenoxy) is 1. The number of carbonyl (C=O) groups excluding carboxylic acids is 1. The second-order valence-corrected chi connectivity index (χ2v) is 6.22. The van der Waals surface area contributed by atoms with Crippen molar-refractivity contribution in [2.24, 2.45) is 11.8 Å². The molecule has 0 aromatic carbocycles. The minimum Gasteiger partial charge on any atom is -0.381 e. The van der Waals surface area contributed by atoms with Gasteiger partial charge in [-0.05, 0) is 24.7 Å². The second kappa shape index (κ2) is 8.63. The van der Waals surface area contributed by atoms with E-state index in [4.69, 9.17) is 4.74 Å². The van der Waals surface area contributed by atoms with Crippen LogP contribution in [0.4, 0.5) is 0 Å². The zero-order valence-electron chi connectivity index (χ0n) is 13.8. The van der Waals surface area contributed by atoms with Crippen molar-refractivity contribution in [3.63, 3.8) is 0 Å². The summed E-state index contributed by atoms with van der Waals surface area (Å²) in [6.07, 6.45) is 3.17. The number of amides is 1. The SMILES string of the molecule is CCCOCCCN1C(=O)C(C(C)CC)NC1C(C)C. The van der Waals surface area contributed by atoms with Crippen molar-refractivity contribution in [1.82, 2.24) is 10.2 Å². The fraction of sp³-hybridized carbons (Fsp3) is 0.938. The van der Waals surface area contributed by atoms with Crippen LogP contribution in [-0.2, 0) is 9.53 Å². The lowest BCUT2D eigenvalue weighted by Crippen LogP contribution is -2.42. The van der Waals surface area contributed by atoms with Crippen molar-refractivity contribution in [2.75, 3.05) is 19.8 Å². The van der Waals surface area contributed by atoms with Crippen LogP contribution in [0, 0.1) is 11.8 Å². The third-order valence-electron chi connectivity index (χ3n) is 4.12. The lowest BCUT2D eigenvalue weighted by molar-refractivity contribution is -0.131. The molecule has 1 saturated heterocycles. The van der Waals surface area contributed by atoms with E-state index in [1.54, 1.807) is 0 Å². The van der Waals surface area contributed by atoms with E-state index in [1.807, 2.05) is 4.90 Å². The third kappa shape index (κ3) is 4.45. The zero-order chi connectivity index (χ0) is 15.1. The number of hydrogen-bond acceptors (Lipinski definition) is 3. The molecule has 4 nitrogen and oxygen atoms in total. The average molecular weight is 284 g/mol. The van der Waals surface area contributed by atoms with E-state index in [1.165, 1.54) is 0 Å². The van der Waals surface area contributed by atoms with Crippen molar-refractivity contribution >= 4 is 5.91 Å². The van der Waals surface area contributed by atoms with Crippen LogP contribution in [0.15, 0.2) is 0 Å². The lowest BCUT2D eigenvalue weighted by Gasteiger charge is -2.27. The van der Waals surface area contributed by atoms with Crippen LogP contribution in [-0.4, -0.2) is 42.8 Å². The monoisotopic (exact) mass is 284 g/mol. The van der Waals surface area contributed by atoms with Gasteiger partial charge in [-0.15, -0.1) is 0 Å². The summed E-state index contributed by atoms with van der Waals surface area (Å²) < 4.78 is 5.51. The van der Waals surface area contributed by atoms with E-state index < -0.39 is 0 Å². The van der Waals surface area contributed by atoms with Crippen molar-refractivity contribution in [3.05, 3.63) is 0 Å². The number of nitrogens with zero attached hydrogens (tertiary/aromatic N) is 1. The standard InChI is InChI=1S/C16H32N2O2/c1-6-10-20-11-8-9-18-15(12(3)4)17-14(16(18)19)13(5)7-2/h12-15,17H,6-11H2,1-5H3. The Morgan fingerprint density at radius 2 is 1.95 bits per heavy atom. The van der Waals surface area contributed by atoms with Gasteiger partial charge in [-0.1, -0.05) is 41.0 Å². The van der Waals surface area contributed by atoms with Crippen LogP contribution in [0.2, 0.25) is 0 Å². The highest BCUT2D eigenvalue weighted by molar-refractivity contribution is 5.84. The Bertz CT molecular complexity index is 294. The summed E-state index contributed by atoms with van der Waals surface area (Å²) in [6, 6.07) is -0.0102. The maximum absolute atomic E-state index is 12.6. The van der Waals surface area contributed by atoms with Gasteiger partial charge < -0.3 is 9.64 Å². The number of nitrogens with one attached hydrogen (secondary N) is 1. The summed E-state index contributed by atoms with van der Waals surface area (Å²) in [5, 5.41) is 3.53. The van der Waals surface area contributed by atoms with Crippen LogP contribution < -0.4 is 5.32 Å². The second-order valence-electron chi connectivity index (χ2n) is 6.22. The van der Waals surface area contributed by atoms with E-state index >= 15 is 0 Å². The molecule has 0 saturated carbocycles. The molecular formula is C16H32N2O2. The van der Waals surface area contributed by atoms with Gasteiger partial charge in [0.15, 0.2) is 0 Å². The maximum Gasteiger partial charge on any atom is 0.241 e. The minimum atomic E-state index is -0.0102. The highest BCUT2D eigenvalue weighted by Crippen LogP contribution is 2.23. The third-order valence-corrected chi connectivity index (χ3v) is 4.12. The molecule has 0 radical (unpaired) electrons. The molecule has 118 valence electrons. The Morgan fingerprint density at radius 1 is 1.25 bits per heavy atom. The number of rotatable bonds is 9. The van der Waals surface area contributed by atoms with E-state index in [2.05, 4.69) is 39.9 Å². The first-order valence-electron chi connectivity index (χ1n) is 8.17. The van der Waals surface area contributed by atoms with Gasteiger partial charge in [-0.3, -0.25) is 10.1 Å². The van der Waals surface area contributed by atoms with Crippen LogP contribution in [0.3, 0.4) is 0 Å². The average Bonchev–Trinajstić information content (AvgIpc) is 2.75. The summed E-state index contributed by atoms with van der Waals surface area (Å²) in [5.41, 5.74) is 0. The summed E-state index contributed by atoms with van der Waals surface area (Å²) in [5.74, 6) is 1.10. The van der Waals surface area contributed by atoms with Crippen LogP contribution in [0.1, 0.15) is 53.9 Å². The number of hydrogen-bond donors (Lipinski definition) is 1. The van der Waals surface area contributed by atoms with Gasteiger partial charge in [0.1, 0.15) is 0 Å². The molecule has 1 heterocycles. The van der Waals surface area contributed by atoms with Gasteiger partial charge >= 0.3 is 0 Å². The molecule has 1 fully saturated rings. The largest absolute Gasteiger partial charge is 0.381 e. The topological polar surface area (TPSA) is 41.6 Å². The summed E-state index contributed by atoms with van der Waals surface area (Å²) in [4.78, 5) is 14.6. The molecule has 1 aliphatic rings. The first-order chi connectivity index (χ1) is 9.52. The Balaban J connectivity index is 2.54. The molecule has 1 N–H and O–H groups in total. The van der Waals surface area contributed by atoms with Gasteiger partial charge in [0.25, 0.3) is 0 Å². The molecule has 0 spiro atoms. The molecule has 1 amide bonds. The fourth-order valence-corrected chi connectivity index (χ4v) is 2.69. The molecule has 0 aromatic heterocycles. The van der Waals surface area contributed by atoms with E-state index in [-0.39, 0.29) is 18.1 Å². The highest BCUT2D eigenvalue weighted by atomic mass is 16.5. The quantitative estimate of drug-likeness (QED) is 0.662. The van der Waals surface area contributed by atoms with Gasteiger partial charge in [0.2, 0.25) is 5.91 Å². The molecule has 0 aromatic rings.